The first kappa shape index (κ1) is 25.0. The van der Waals surface area contributed by atoms with Crippen LogP contribution in [0.5, 0.6) is 5.75 Å². The van der Waals surface area contributed by atoms with Crippen molar-refractivity contribution >= 4 is 0 Å². The van der Waals surface area contributed by atoms with Crippen LogP contribution in [0, 0.1) is 19.8 Å². The van der Waals surface area contributed by atoms with Gasteiger partial charge in [0.25, 0.3) is 0 Å². The van der Waals surface area contributed by atoms with E-state index in [4.69, 9.17) is 9.84 Å². The average Bonchev–Trinajstić information content (AvgIpc) is 3.66. The zero-order chi connectivity index (χ0) is 25.7. The van der Waals surface area contributed by atoms with Crippen molar-refractivity contribution in [1.29, 1.82) is 0 Å². The van der Waals surface area contributed by atoms with Gasteiger partial charge in [-0.3, -0.25) is 0 Å². The minimum Gasteiger partial charge on any atom is -0.497 e. The summed E-state index contributed by atoms with van der Waals surface area (Å²) in [5.41, 5.74) is 5.39. The lowest BCUT2D eigenvalue weighted by Gasteiger charge is -2.55. The van der Waals surface area contributed by atoms with Gasteiger partial charge in [0.2, 0.25) is 0 Å². The van der Waals surface area contributed by atoms with Crippen LogP contribution in [0.25, 0.3) is 5.69 Å². The van der Waals surface area contributed by atoms with E-state index in [1.807, 2.05) is 12.1 Å². The minimum atomic E-state index is -0.967. The zero-order valence-corrected chi connectivity index (χ0v) is 22.7. The van der Waals surface area contributed by atoms with E-state index in [1.54, 1.807) is 7.11 Å². The van der Waals surface area contributed by atoms with Crippen molar-refractivity contribution < 1.29 is 9.84 Å². The maximum Gasteiger partial charge on any atom is 0.119 e. The van der Waals surface area contributed by atoms with Gasteiger partial charge in [-0.1, -0.05) is 31.2 Å². The number of hydrogen-bond donors (Lipinski definition) is 1. The van der Waals surface area contributed by atoms with E-state index in [0.717, 1.165) is 41.7 Å². The standard InChI is InChI=1S/C31H41N3O2/c1-7-30(28-17-26(36-6)16-13-21(28)2)19-29-27(22(3)34(32-29)25-11-9-8-10-12-25)18-31(30,35)23(4)33(5)20-24-14-15-24/h8-13,16-17,23-24,35H,7,14-15,18-20H2,1-6H3/t23-,30-,31-/m1/s1. The van der Waals surface area contributed by atoms with E-state index in [1.165, 1.54) is 29.5 Å². The summed E-state index contributed by atoms with van der Waals surface area (Å²) >= 11 is 0. The summed E-state index contributed by atoms with van der Waals surface area (Å²) in [6.07, 6.45) is 4.70. The number of likely N-dealkylation sites (N-methyl/N-ethyl adjacent to an activating group) is 1. The molecule has 0 radical (unpaired) electrons. The fraction of sp³-hybridized carbons (Fsp3) is 0.516. The normalized spacial score (nSPS) is 24.6. The quantitative estimate of drug-likeness (QED) is 0.462. The van der Waals surface area contributed by atoms with Gasteiger partial charge in [-0.15, -0.1) is 0 Å². The zero-order valence-electron chi connectivity index (χ0n) is 22.7. The molecule has 5 rings (SSSR count). The monoisotopic (exact) mass is 487 g/mol. The highest BCUT2D eigenvalue weighted by molar-refractivity contribution is 5.49. The first-order valence-electron chi connectivity index (χ1n) is 13.4. The number of aryl methyl sites for hydroxylation is 1. The minimum absolute atomic E-state index is 0.0173. The molecule has 5 heteroatoms. The molecule has 36 heavy (non-hydrogen) atoms. The van der Waals surface area contributed by atoms with E-state index in [-0.39, 0.29) is 6.04 Å². The van der Waals surface area contributed by atoms with Gasteiger partial charge in [0.1, 0.15) is 5.75 Å². The van der Waals surface area contributed by atoms with Crippen LogP contribution in [0.4, 0.5) is 0 Å². The second-order valence-electron chi connectivity index (χ2n) is 11.2. The molecule has 2 aliphatic rings. The van der Waals surface area contributed by atoms with E-state index in [2.05, 4.69) is 80.7 Å². The number of rotatable bonds is 8. The summed E-state index contributed by atoms with van der Waals surface area (Å²) < 4.78 is 7.73. The van der Waals surface area contributed by atoms with Crippen LogP contribution in [-0.2, 0) is 18.3 Å². The molecule has 0 unspecified atom stereocenters. The summed E-state index contributed by atoms with van der Waals surface area (Å²) in [5, 5.41) is 18.2. The Hall–Kier alpha value is -2.63. The van der Waals surface area contributed by atoms with E-state index in [9.17, 15) is 5.11 Å². The Morgan fingerprint density at radius 1 is 1.14 bits per heavy atom. The Kier molecular flexibility index (Phi) is 6.50. The average molecular weight is 488 g/mol. The van der Waals surface area contributed by atoms with E-state index in [0.29, 0.717) is 12.8 Å². The summed E-state index contributed by atoms with van der Waals surface area (Å²) in [5.74, 6) is 1.60. The molecule has 1 saturated carbocycles. The van der Waals surface area contributed by atoms with Crippen molar-refractivity contribution in [3.63, 3.8) is 0 Å². The first-order chi connectivity index (χ1) is 17.2. The molecule has 0 bridgehead atoms. The number of methoxy groups -OCH3 is 1. The highest BCUT2D eigenvalue weighted by atomic mass is 16.5. The molecule has 0 saturated heterocycles. The molecule has 1 N–H and O–H groups in total. The van der Waals surface area contributed by atoms with Gasteiger partial charge in [0.05, 0.1) is 24.1 Å². The number of fused-ring (bicyclic) bond motifs is 1. The number of aliphatic hydroxyl groups is 1. The smallest absolute Gasteiger partial charge is 0.119 e. The third-order valence-electron chi connectivity index (χ3n) is 9.23. The fourth-order valence-corrected chi connectivity index (χ4v) is 6.63. The van der Waals surface area contributed by atoms with Crippen LogP contribution < -0.4 is 4.74 Å². The second-order valence-corrected chi connectivity index (χ2v) is 11.2. The number of benzene rings is 2. The molecule has 2 aromatic carbocycles. The molecule has 2 aliphatic carbocycles. The molecule has 5 nitrogen and oxygen atoms in total. The SMILES string of the molecule is CC[C@]1(c2cc(OC)ccc2C)Cc2nn(-c3ccccc3)c(C)c2C[C@@]1(O)[C@@H](C)N(C)CC1CC1. The molecule has 1 heterocycles. The van der Waals surface area contributed by atoms with Crippen molar-refractivity contribution in [1.82, 2.24) is 14.7 Å². The number of para-hydroxylation sites is 1. The Balaban J connectivity index is 1.69. The van der Waals surface area contributed by atoms with Crippen molar-refractivity contribution in [2.75, 3.05) is 20.7 Å². The predicted molar refractivity (Wildman–Crippen MR) is 145 cm³/mol. The lowest BCUT2D eigenvalue weighted by molar-refractivity contribution is -0.104. The van der Waals surface area contributed by atoms with Crippen LogP contribution in [0.15, 0.2) is 48.5 Å². The summed E-state index contributed by atoms with van der Waals surface area (Å²) in [4.78, 5) is 2.40. The third kappa shape index (κ3) is 3.97. The van der Waals surface area contributed by atoms with Crippen molar-refractivity contribution in [2.24, 2.45) is 5.92 Å². The highest BCUT2D eigenvalue weighted by Crippen LogP contribution is 2.52. The highest BCUT2D eigenvalue weighted by Gasteiger charge is 2.58. The summed E-state index contributed by atoms with van der Waals surface area (Å²) in [6.45, 7) is 9.80. The fourth-order valence-electron chi connectivity index (χ4n) is 6.63. The molecule has 1 fully saturated rings. The number of nitrogens with zero attached hydrogens (tertiary/aromatic N) is 3. The first-order valence-corrected chi connectivity index (χ1v) is 13.4. The van der Waals surface area contributed by atoms with Gasteiger partial charge in [-0.2, -0.15) is 5.10 Å². The largest absolute Gasteiger partial charge is 0.497 e. The maximum atomic E-state index is 13.0. The number of aromatic nitrogens is 2. The molecule has 3 atom stereocenters. The lowest BCUT2D eigenvalue weighted by Crippen LogP contribution is -2.66. The van der Waals surface area contributed by atoms with Crippen LogP contribution in [0.2, 0.25) is 0 Å². The Morgan fingerprint density at radius 3 is 2.50 bits per heavy atom. The topological polar surface area (TPSA) is 50.5 Å². The molecule has 0 amide bonds. The van der Waals surface area contributed by atoms with Gasteiger partial charge in [-0.05, 0) is 94.0 Å². The molecule has 0 spiro atoms. The van der Waals surface area contributed by atoms with E-state index < -0.39 is 11.0 Å². The van der Waals surface area contributed by atoms with E-state index >= 15 is 0 Å². The molecule has 0 aliphatic heterocycles. The molecule has 192 valence electrons. The third-order valence-corrected chi connectivity index (χ3v) is 9.23. The molecule has 1 aromatic heterocycles. The van der Waals surface area contributed by atoms with Crippen molar-refractivity contribution in [3.8, 4) is 11.4 Å². The Bertz CT molecular complexity index is 1230. The van der Waals surface area contributed by atoms with Crippen LogP contribution in [0.3, 0.4) is 0 Å². The van der Waals surface area contributed by atoms with Crippen molar-refractivity contribution in [3.05, 3.63) is 76.6 Å². The van der Waals surface area contributed by atoms with Gasteiger partial charge >= 0.3 is 0 Å². The predicted octanol–water partition coefficient (Wildman–Crippen LogP) is 5.41. The number of ether oxygens (including phenoxy) is 1. The summed E-state index contributed by atoms with van der Waals surface area (Å²) in [6, 6.07) is 16.6. The van der Waals surface area contributed by atoms with Crippen LogP contribution in [0.1, 0.15) is 61.2 Å². The van der Waals surface area contributed by atoms with Gasteiger partial charge in [0.15, 0.2) is 0 Å². The number of hydrogen-bond acceptors (Lipinski definition) is 4. The van der Waals surface area contributed by atoms with Gasteiger partial charge in [-0.25, -0.2) is 4.68 Å². The molecular formula is C31H41N3O2. The molecular weight excluding hydrogens is 446 g/mol. The van der Waals surface area contributed by atoms with Gasteiger partial charge in [0, 0.05) is 36.5 Å². The second kappa shape index (κ2) is 9.35. The van der Waals surface area contributed by atoms with Crippen LogP contribution >= 0.6 is 0 Å². The van der Waals surface area contributed by atoms with Crippen molar-refractivity contribution in [2.45, 2.75) is 76.9 Å². The Labute approximate surface area is 216 Å². The van der Waals surface area contributed by atoms with Crippen LogP contribution in [-0.4, -0.2) is 52.1 Å². The summed E-state index contributed by atoms with van der Waals surface area (Å²) in [7, 11) is 3.91. The Morgan fingerprint density at radius 2 is 1.86 bits per heavy atom. The lowest BCUT2D eigenvalue weighted by atomic mass is 9.55. The van der Waals surface area contributed by atoms with Gasteiger partial charge < -0.3 is 14.7 Å². The maximum absolute atomic E-state index is 13.0. The molecule has 3 aromatic rings.